The maximum atomic E-state index is 6.08. The fraction of sp³-hybridized carbons (Fsp3) is 0. The van der Waals surface area contributed by atoms with Gasteiger partial charge in [0.2, 0.25) is 5.89 Å². The Morgan fingerprint density at radius 1 is 0.689 bits per heavy atom. The van der Waals surface area contributed by atoms with Gasteiger partial charge < -0.3 is 18.9 Å². The largest absolute Gasteiger partial charge is 0.444 e. The number of aromatic amines is 4. The predicted octanol–water partition coefficient (Wildman–Crippen LogP) is 5.29. The zero-order chi connectivity index (χ0) is 29.7. The minimum Gasteiger partial charge on any atom is -0.444 e. The van der Waals surface area contributed by atoms with E-state index in [0.29, 0.717) is 73.6 Å². The Hall–Kier alpha value is -6.90. The van der Waals surface area contributed by atoms with Gasteiger partial charge in [-0.25, -0.2) is 19.9 Å². The molecular weight excluding hydrogens is 574 g/mol. The van der Waals surface area contributed by atoms with E-state index in [1.807, 2.05) is 29.0 Å². The van der Waals surface area contributed by atoms with Crippen molar-refractivity contribution < 1.29 is 8.94 Å². The number of nitrogens with one attached hydrogen (secondary N) is 4. The molecule has 8 aromatic heterocycles. The van der Waals surface area contributed by atoms with Crippen molar-refractivity contribution in [2.75, 3.05) is 0 Å². The zero-order valence-corrected chi connectivity index (χ0v) is 23.0. The molecule has 0 saturated carbocycles. The monoisotopic (exact) mass is 593 g/mol. The summed E-state index contributed by atoms with van der Waals surface area (Å²) >= 11 is 0. The van der Waals surface area contributed by atoms with E-state index >= 15 is 0 Å². The fourth-order valence-corrected chi connectivity index (χ4v) is 5.90. The van der Waals surface area contributed by atoms with Crippen molar-refractivity contribution >= 4 is 10.9 Å². The summed E-state index contributed by atoms with van der Waals surface area (Å²) < 4.78 is 13.5. The normalized spacial score (nSPS) is 11.6. The van der Waals surface area contributed by atoms with Crippen molar-refractivity contribution in [1.82, 2.24) is 65.2 Å². The van der Waals surface area contributed by atoms with Crippen LogP contribution < -0.4 is 0 Å². The van der Waals surface area contributed by atoms with Crippen LogP contribution in [0.4, 0.5) is 0 Å². The van der Waals surface area contributed by atoms with Gasteiger partial charge in [-0.2, -0.15) is 5.10 Å². The highest BCUT2D eigenvalue weighted by molar-refractivity contribution is 6.22. The summed E-state index contributed by atoms with van der Waals surface area (Å²) in [6.07, 6.45) is 16.9. The minimum atomic E-state index is 0.346. The first-order valence-corrected chi connectivity index (χ1v) is 13.8. The molecule has 0 radical (unpaired) electrons. The molecule has 9 aromatic rings. The standard InChI is InChI=1S/C30H19N13O2/c1-3-19(31-6-1)43-26-23(24(28-34-10-11-35-28)27(43)29-32-7-2-8-33-29)22(18-15-38-42-40-18)20(16-4-9-37-39-16)21(17-5-13-45-41-17)25(26)30-36-12-14-44-30/h1-15,31H,(H,34,35)(H,37,39)(H,38,40,42). The van der Waals surface area contributed by atoms with Gasteiger partial charge in [0, 0.05) is 65.3 Å². The summed E-state index contributed by atoms with van der Waals surface area (Å²) in [6, 6.07) is 9.32. The second-order valence-electron chi connectivity index (χ2n) is 9.89. The Bertz CT molecular complexity index is 2190. The average molecular weight is 594 g/mol. The van der Waals surface area contributed by atoms with Crippen LogP contribution in [0, 0.1) is 0 Å². The third kappa shape index (κ3) is 3.70. The van der Waals surface area contributed by atoms with E-state index in [9.17, 15) is 0 Å². The number of H-pyrrole nitrogens is 4. The highest BCUT2D eigenvalue weighted by atomic mass is 16.5. The summed E-state index contributed by atoms with van der Waals surface area (Å²) in [5, 5.41) is 24.2. The molecule has 0 amide bonds. The first-order valence-electron chi connectivity index (χ1n) is 13.8. The number of rotatable bonds is 7. The van der Waals surface area contributed by atoms with Gasteiger partial charge in [-0.15, -0.1) is 5.10 Å². The second-order valence-corrected chi connectivity index (χ2v) is 9.89. The lowest BCUT2D eigenvalue weighted by molar-refractivity contribution is 0.422. The Morgan fingerprint density at radius 3 is 2.31 bits per heavy atom. The number of oxazole rings is 1. The van der Waals surface area contributed by atoms with Crippen LogP contribution in [0.2, 0.25) is 0 Å². The Labute approximate surface area is 251 Å². The number of hydrogen-bond acceptors (Lipinski definition) is 10. The van der Waals surface area contributed by atoms with E-state index in [1.165, 1.54) is 12.5 Å². The number of benzene rings is 1. The molecule has 0 aliphatic heterocycles. The molecule has 8 heterocycles. The summed E-state index contributed by atoms with van der Waals surface area (Å²) in [6.45, 7) is 0. The number of aromatic nitrogens is 13. The van der Waals surface area contributed by atoms with Gasteiger partial charge in [-0.1, -0.05) is 10.4 Å². The molecule has 216 valence electrons. The van der Waals surface area contributed by atoms with Crippen molar-refractivity contribution in [2.45, 2.75) is 0 Å². The lowest BCUT2D eigenvalue weighted by Crippen LogP contribution is -2.03. The Kier molecular flexibility index (Phi) is 5.40. The first kappa shape index (κ1) is 24.7. The molecule has 0 spiro atoms. The average Bonchev–Trinajstić information content (AvgIpc) is 3.94. The molecule has 0 fully saturated rings. The molecule has 0 saturated heterocycles. The van der Waals surface area contributed by atoms with Crippen LogP contribution in [0.25, 0.3) is 84.9 Å². The van der Waals surface area contributed by atoms with Crippen molar-refractivity contribution in [3.8, 4) is 74.0 Å². The number of imidazole rings is 1. The van der Waals surface area contributed by atoms with Crippen LogP contribution in [0.1, 0.15) is 0 Å². The fourth-order valence-electron chi connectivity index (χ4n) is 5.90. The quantitative estimate of drug-likeness (QED) is 0.188. The third-order valence-electron chi connectivity index (χ3n) is 7.51. The van der Waals surface area contributed by atoms with Crippen LogP contribution in [0.5, 0.6) is 0 Å². The summed E-state index contributed by atoms with van der Waals surface area (Å²) in [4.78, 5) is 25.5. The molecule has 15 nitrogen and oxygen atoms in total. The number of hydrogen-bond donors (Lipinski definition) is 4. The summed E-state index contributed by atoms with van der Waals surface area (Å²) in [7, 11) is 0. The lowest BCUT2D eigenvalue weighted by atomic mass is 9.86. The third-order valence-corrected chi connectivity index (χ3v) is 7.51. The molecule has 1 aromatic carbocycles. The second kappa shape index (κ2) is 9.84. The predicted molar refractivity (Wildman–Crippen MR) is 160 cm³/mol. The molecule has 0 atom stereocenters. The summed E-state index contributed by atoms with van der Waals surface area (Å²) in [5.74, 6) is 2.12. The van der Waals surface area contributed by atoms with Gasteiger partial charge >= 0.3 is 0 Å². The van der Waals surface area contributed by atoms with Crippen LogP contribution in [0.3, 0.4) is 0 Å². The van der Waals surface area contributed by atoms with E-state index in [4.69, 9.17) is 23.9 Å². The Balaban J connectivity index is 1.65. The van der Waals surface area contributed by atoms with Gasteiger partial charge in [0.1, 0.15) is 41.3 Å². The highest BCUT2D eigenvalue weighted by Gasteiger charge is 2.36. The molecule has 0 bridgehead atoms. The molecule has 4 N–H and O–H groups in total. The highest BCUT2D eigenvalue weighted by Crippen LogP contribution is 2.54. The SMILES string of the molecule is c1cnc(-c2c(-c3ncc[nH]3)c3c(-c4c[nH]nn4)c(-c4cc[nH]n4)c(-c4ccon4)c(-c4ncco4)c3n2-c2ccc[nH]2)nc1. The molecule has 0 aliphatic rings. The van der Waals surface area contributed by atoms with E-state index < -0.39 is 0 Å². The minimum absolute atomic E-state index is 0.346. The zero-order valence-electron chi connectivity index (χ0n) is 23.0. The van der Waals surface area contributed by atoms with E-state index in [-0.39, 0.29) is 0 Å². The van der Waals surface area contributed by atoms with Crippen molar-refractivity contribution in [2.24, 2.45) is 0 Å². The van der Waals surface area contributed by atoms with E-state index in [0.717, 1.165) is 11.2 Å². The van der Waals surface area contributed by atoms with Gasteiger partial charge in [0.05, 0.1) is 34.7 Å². The van der Waals surface area contributed by atoms with Gasteiger partial charge in [-0.3, -0.25) is 14.8 Å². The van der Waals surface area contributed by atoms with Crippen molar-refractivity contribution in [3.05, 3.63) is 92.4 Å². The van der Waals surface area contributed by atoms with E-state index in [2.05, 4.69) is 45.7 Å². The van der Waals surface area contributed by atoms with Gasteiger partial charge in [-0.05, 0) is 24.3 Å². The molecule has 9 rings (SSSR count). The van der Waals surface area contributed by atoms with Crippen LogP contribution in [-0.2, 0) is 0 Å². The van der Waals surface area contributed by atoms with E-state index in [1.54, 1.807) is 55.5 Å². The summed E-state index contributed by atoms with van der Waals surface area (Å²) in [5.41, 5.74) is 6.45. The molecular formula is C30H19N13O2. The van der Waals surface area contributed by atoms with Crippen LogP contribution in [-0.4, -0.2) is 65.2 Å². The van der Waals surface area contributed by atoms with Crippen molar-refractivity contribution in [3.63, 3.8) is 0 Å². The molecule has 45 heavy (non-hydrogen) atoms. The number of fused-ring (bicyclic) bond motifs is 1. The van der Waals surface area contributed by atoms with Crippen molar-refractivity contribution in [1.29, 1.82) is 0 Å². The van der Waals surface area contributed by atoms with Gasteiger partial charge in [0.25, 0.3) is 0 Å². The maximum Gasteiger partial charge on any atom is 0.228 e. The molecule has 0 unspecified atom stereocenters. The van der Waals surface area contributed by atoms with Crippen LogP contribution in [0.15, 0.2) is 101 Å². The molecule has 0 aliphatic carbocycles. The van der Waals surface area contributed by atoms with Crippen LogP contribution >= 0.6 is 0 Å². The van der Waals surface area contributed by atoms with Gasteiger partial charge in [0.15, 0.2) is 5.82 Å². The molecule has 15 heteroatoms. The smallest absolute Gasteiger partial charge is 0.228 e. The topological polar surface area (TPSA) is 197 Å². The first-order chi connectivity index (χ1) is 22.4. The Morgan fingerprint density at radius 2 is 1.62 bits per heavy atom. The maximum absolute atomic E-state index is 6.08. The number of nitrogens with zero attached hydrogens (tertiary/aromatic N) is 9. The lowest BCUT2D eigenvalue weighted by Gasteiger charge is -2.18.